The van der Waals surface area contributed by atoms with E-state index in [-0.39, 0.29) is 6.15 Å². The fraction of sp³-hybridized carbons (Fsp3) is 0. The van der Waals surface area contributed by atoms with Crippen molar-refractivity contribution >= 4 is 0 Å². The molecule has 0 bridgehead atoms. The Bertz CT molecular complexity index is 76.3. The molecule has 0 aromatic carbocycles. The number of rotatable bonds is 0. The van der Waals surface area contributed by atoms with Gasteiger partial charge in [-0.1, -0.05) is 0 Å². The molecule has 0 amide bonds. The Morgan fingerprint density at radius 2 is 1.00 bits per heavy atom. The molecule has 5 heavy (non-hydrogen) atoms. The molecule has 0 spiro atoms. The first-order chi connectivity index (χ1) is 1.73. The molecule has 32 valence electrons. The van der Waals surface area contributed by atoms with Gasteiger partial charge in [-0.15, -0.1) is 0 Å². The fourth-order valence-electron chi connectivity index (χ4n) is 0. The van der Waals surface area contributed by atoms with Crippen LogP contribution in [0.2, 0.25) is 0 Å². The second kappa shape index (κ2) is 4.05. The van der Waals surface area contributed by atoms with Crippen molar-refractivity contribution in [1.82, 2.24) is 6.15 Å². The van der Waals surface area contributed by atoms with Crippen LogP contribution in [-0.2, 0) is 27.4 Å². The van der Waals surface area contributed by atoms with Crippen LogP contribution in [0.5, 0.6) is 0 Å². The van der Waals surface area contributed by atoms with Gasteiger partial charge in [0.15, 0.2) is 0 Å². The van der Waals surface area contributed by atoms with Gasteiger partial charge in [0.25, 0.3) is 0 Å². The van der Waals surface area contributed by atoms with Gasteiger partial charge in [0.1, 0.15) is 0 Å². The van der Waals surface area contributed by atoms with Crippen LogP contribution >= 0.6 is 0 Å². The van der Waals surface area contributed by atoms with Gasteiger partial charge in [0, 0.05) is 0 Å². The van der Waals surface area contributed by atoms with Crippen LogP contribution in [0.1, 0.15) is 0 Å². The summed E-state index contributed by atoms with van der Waals surface area (Å²) in [5.41, 5.74) is 0. The Morgan fingerprint density at radius 3 is 1.00 bits per heavy atom. The van der Waals surface area contributed by atoms with Crippen molar-refractivity contribution in [2.75, 3.05) is 0 Å². The second-order valence-corrected chi connectivity index (χ2v) is 1.67. The topological polar surface area (TPSA) is 86.2 Å². The SMILES string of the molecule is N.[O]=[W](=[O])=[O]. The van der Waals surface area contributed by atoms with Gasteiger partial charge in [-0.25, -0.2) is 0 Å². The van der Waals surface area contributed by atoms with Gasteiger partial charge in [-0.05, 0) is 0 Å². The molecule has 4 nitrogen and oxygen atoms in total. The van der Waals surface area contributed by atoms with Crippen LogP contribution in [0.15, 0.2) is 0 Å². The summed E-state index contributed by atoms with van der Waals surface area (Å²) in [6.45, 7) is 0. The normalized spacial score (nSPS) is 4.80. The van der Waals surface area contributed by atoms with Crippen LogP contribution in [0.3, 0.4) is 0 Å². The van der Waals surface area contributed by atoms with Gasteiger partial charge < -0.3 is 6.15 Å². The quantitative estimate of drug-likeness (QED) is 0.644. The van der Waals surface area contributed by atoms with Gasteiger partial charge >= 0.3 is 27.4 Å². The third kappa shape index (κ3) is 7280. The van der Waals surface area contributed by atoms with Gasteiger partial charge in [0.2, 0.25) is 0 Å². The molecule has 0 aromatic heterocycles. The maximum absolute atomic E-state index is 8.61. The van der Waals surface area contributed by atoms with E-state index < -0.39 is 17.2 Å². The first-order valence-corrected chi connectivity index (χ1v) is 4.09. The third-order valence-corrected chi connectivity index (χ3v) is 0. The summed E-state index contributed by atoms with van der Waals surface area (Å²) in [5, 5.41) is 0. The van der Waals surface area contributed by atoms with Crippen molar-refractivity contribution in [3.05, 3.63) is 0 Å². The monoisotopic (exact) mass is 249 g/mol. The molecule has 0 radical (unpaired) electrons. The van der Waals surface area contributed by atoms with Crippen LogP contribution in [0.25, 0.3) is 0 Å². The molecule has 0 fully saturated rings. The molecular formula is H3NO3W. The molecule has 0 atom stereocenters. The summed E-state index contributed by atoms with van der Waals surface area (Å²) in [6.07, 6.45) is 0. The van der Waals surface area contributed by atoms with E-state index in [1.54, 1.807) is 0 Å². The molecule has 0 aliphatic heterocycles. The van der Waals surface area contributed by atoms with Gasteiger partial charge in [-0.2, -0.15) is 0 Å². The Hall–Kier alpha value is 0.0483. The molecule has 0 aliphatic rings. The predicted molar refractivity (Wildman–Crippen MR) is 7.08 cm³/mol. The van der Waals surface area contributed by atoms with E-state index in [4.69, 9.17) is 10.2 Å². The molecular weight excluding hydrogens is 246 g/mol. The van der Waals surface area contributed by atoms with Gasteiger partial charge in [0.05, 0.1) is 0 Å². The number of hydrogen-bond donors (Lipinski definition) is 1. The summed E-state index contributed by atoms with van der Waals surface area (Å²) >= 11 is -4.28. The first-order valence-electron chi connectivity index (χ1n) is 0.500. The Kier molecular flexibility index (Phi) is 7.21. The van der Waals surface area contributed by atoms with Crippen LogP contribution in [0.4, 0.5) is 0 Å². The molecule has 0 rings (SSSR count). The second-order valence-electron chi connectivity index (χ2n) is 0.204. The van der Waals surface area contributed by atoms with Crippen molar-refractivity contribution in [1.29, 1.82) is 0 Å². The summed E-state index contributed by atoms with van der Waals surface area (Å²) in [6, 6.07) is 0. The zero-order valence-electron chi connectivity index (χ0n) is 2.34. The minimum absolute atomic E-state index is 0. The molecule has 0 heterocycles. The number of hydrogen-bond acceptors (Lipinski definition) is 4. The Morgan fingerprint density at radius 1 is 1.00 bits per heavy atom. The van der Waals surface area contributed by atoms with Crippen molar-refractivity contribution in [3.8, 4) is 0 Å². The van der Waals surface area contributed by atoms with Crippen molar-refractivity contribution in [3.63, 3.8) is 0 Å². The summed E-state index contributed by atoms with van der Waals surface area (Å²) in [7, 11) is 0. The van der Waals surface area contributed by atoms with Crippen molar-refractivity contribution in [2.24, 2.45) is 0 Å². The Balaban J connectivity index is 0. The zero-order valence-corrected chi connectivity index (χ0v) is 5.27. The van der Waals surface area contributed by atoms with Crippen molar-refractivity contribution in [2.45, 2.75) is 0 Å². The summed E-state index contributed by atoms with van der Waals surface area (Å²) in [4.78, 5) is 0. The predicted octanol–water partition coefficient (Wildman–Crippen LogP) is -0.197. The Labute approximate surface area is 34.2 Å². The molecule has 0 unspecified atom stereocenters. The third-order valence-electron chi connectivity index (χ3n) is 0. The fourth-order valence-corrected chi connectivity index (χ4v) is 0. The van der Waals surface area contributed by atoms with Crippen LogP contribution in [0, 0.1) is 0 Å². The van der Waals surface area contributed by atoms with E-state index in [1.807, 2.05) is 0 Å². The van der Waals surface area contributed by atoms with E-state index >= 15 is 0 Å². The average molecular weight is 249 g/mol. The summed E-state index contributed by atoms with van der Waals surface area (Å²) < 4.78 is 25.8. The first kappa shape index (κ1) is 8.90. The average Bonchev–Trinajstić information content (AvgIpc) is 0.811. The minimum atomic E-state index is -4.28. The molecule has 0 aliphatic carbocycles. The standard InChI is InChI=1S/H3N.3O.W/h1H3;;;;. The van der Waals surface area contributed by atoms with E-state index in [2.05, 4.69) is 0 Å². The van der Waals surface area contributed by atoms with Crippen LogP contribution in [-0.4, -0.2) is 0 Å². The van der Waals surface area contributed by atoms with E-state index in [0.29, 0.717) is 0 Å². The van der Waals surface area contributed by atoms with E-state index in [9.17, 15) is 0 Å². The van der Waals surface area contributed by atoms with Gasteiger partial charge in [-0.3, -0.25) is 0 Å². The van der Waals surface area contributed by atoms with Crippen molar-refractivity contribution < 1.29 is 27.4 Å². The van der Waals surface area contributed by atoms with Crippen LogP contribution < -0.4 is 6.15 Å². The molecule has 0 saturated carbocycles. The molecule has 5 heteroatoms. The van der Waals surface area contributed by atoms with E-state index in [0.717, 1.165) is 0 Å². The molecule has 0 aromatic rings. The molecule has 3 N–H and O–H groups in total. The molecule has 0 saturated heterocycles. The maximum atomic E-state index is 8.61. The summed E-state index contributed by atoms with van der Waals surface area (Å²) in [5.74, 6) is 0. The van der Waals surface area contributed by atoms with E-state index in [1.165, 1.54) is 0 Å². The zero-order chi connectivity index (χ0) is 3.58.